The first-order valence-corrected chi connectivity index (χ1v) is 7.68. The number of thiocarbonyl (C=S) groups is 1. The molecule has 0 aromatic rings. The molecule has 18 heavy (non-hydrogen) atoms. The van der Waals surface area contributed by atoms with Gasteiger partial charge in [0.2, 0.25) is 11.8 Å². The molecule has 100 valence electrons. The molecule has 1 saturated heterocycles. The van der Waals surface area contributed by atoms with Crippen LogP contribution in [0.25, 0.3) is 0 Å². The van der Waals surface area contributed by atoms with E-state index in [9.17, 15) is 9.59 Å². The van der Waals surface area contributed by atoms with Gasteiger partial charge in [-0.3, -0.25) is 14.5 Å². The molecular weight excluding hydrogens is 268 g/mol. The third-order valence-corrected chi connectivity index (χ3v) is 4.87. The molecule has 1 unspecified atom stereocenters. The summed E-state index contributed by atoms with van der Waals surface area (Å²) >= 11 is 6.46. The van der Waals surface area contributed by atoms with E-state index in [2.05, 4.69) is 5.32 Å². The van der Waals surface area contributed by atoms with Crippen molar-refractivity contribution in [3.05, 3.63) is 0 Å². The summed E-state index contributed by atoms with van der Waals surface area (Å²) in [5, 5.41) is 2.85. The fourth-order valence-corrected chi connectivity index (χ4v) is 3.78. The summed E-state index contributed by atoms with van der Waals surface area (Å²) in [5.74, 6) is -0.143. The highest BCUT2D eigenvalue weighted by Gasteiger charge is 2.35. The maximum Gasteiger partial charge on any atom is 0.241 e. The van der Waals surface area contributed by atoms with Gasteiger partial charge in [-0.25, -0.2) is 0 Å². The number of amides is 2. The Labute approximate surface area is 117 Å². The van der Waals surface area contributed by atoms with Crippen LogP contribution in [-0.4, -0.2) is 38.9 Å². The molecule has 4 nitrogen and oxygen atoms in total. The number of nitrogens with one attached hydrogen (secondary N) is 1. The van der Waals surface area contributed by atoms with E-state index in [1.54, 1.807) is 0 Å². The molecule has 2 fully saturated rings. The number of carbonyl (C=O) groups is 2. The molecule has 2 rings (SSSR count). The van der Waals surface area contributed by atoms with Crippen LogP contribution in [0.1, 0.15) is 39.0 Å². The van der Waals surface area contributed by atoms with Gasteiger partial charge >= 0.3 is 0 Å². The largest absolute Gasteiger partial charge is 0.352 e. The minimum absolute atomic E-state index is 0.0520. The number of nitrogens with zero attached hydrogens (tertiary/aromatic N) is 1. The monoisotopic (exact) mass is 286 g/mol. The summed E-state index contributed by atoms with van der Waals surface area (Å²) in [5.41, 5.74) is 0. The molecule has 0 spiro atoms. The van der Waals surface area contributed by atoms with Gasteiger partial charge in [-0.15, -0.1) is 0 Å². The molecule has 1 saturated carbocycles. The average molecular weight is 286 g/mol. The molecule has 1 heterocycles. The SMILES string of the molecule is CC1SC(=S)N(CC(=O)NC2CCCCC2)C1=O. The van der Waals surface area contributed by atoms with Crippen LogP contribution in [0.15, 0.2) is 0 Å². The molecule has 0 bridgehead atoms. The minimum atomic E-state index is -0.153. The maximum atomic E-state index is 11.9. The normalized spacial score (nSPS) is 25.6. The summed E-state index contributed by atoms with van der Waals surface area (Å²) in [4.78, 5) is 25.1. The molecular formula is C12H18N2O2S2. The molecule has 1 aliphatic carbocycles. The van der Waals surface area contributed by atoms with Gasteiger partial charge in [0.1, 0.15) is 10.9 Å². The lowest BCUT2D eigenvalue weighted by atomic mass is 9.95. The third-order valence-electron chi connectivity index (χ3n) is 3.38. The zero-order valence-corrected chi connectivity index (χ0v) is 12.1. The molecule has 1 atom stereocenters. The van der Waals surface area contributed by atoms with Crippen LogP contribution in [0.2, 0.25) is 0 Å². The molecule has 2 amide bonds. The van der Waals surface area contributed by atoms with E-state index >= 15 is 0 Å². The van der Waals surface area contributed by atoms with Crippen LogP contribution in [0.4, 0.5) is 0 Å². The Hall–Kier alpha value is -0.620. The Morgan fingerprint density at radius 2 is 2.11 bits per heavy atom. The van der Waals surface area contributed by atoms with Crippen molar-refractivity contribution < 1.29 is 9.59 Å². The van der Waals surface area contributed by atoms with Crippen LogP contribution < -0.4 is 5.32 Å². The van der Waals surface area contributed by atoms with Crippen molar-refractivity contribution in [2.75, 3.05) is 6.54 Å². The van der Waals surface area contributed by atoms with Gasteiger partial charge in [0.15, 0.2) is 0 Å². The van der Waals surface area contributed by atoms with E-state index in [-0.39, 0.29) is 29.7 Å². The first kappa shape index (κ1) is 13.8. The summed E-state index contributed by atoms with van der Waals surface area (Å²) in [6.07, 6.45) is 5.72. The van der Waals surface area contributed by atoms with Crippen molar-refractivity contribution in [2.24, 2.45) is 0 Å². The van der Waals surface area contributed by atoms with Crippen LogP contribution in [-0.2, 0) is 9.59 Å². The van der Waals surface area contributed by atoms with Crippen molar-refractivity contribution in [1.82, 2.24) is 10.2 Å². The first-order chi connectivity index (χ1) is 8.58. The van der Waals surface area contributed by atoms with E-state index in [1.165, 1.54) is 35.9 Å². The summed E-state index contributed by atoms with van der Waals surface area (Å²) in [6.45, 7) is 1.89. The Bertz CT molecular complexity index is 367. The summed E-state index contributed by atoms with van der Waals surface area (Å²) in [7, 11) is 0. The van der Waals surface area contributed by atoms with Gasteiger partial charge in [0.25, 0.3) is 0 Å². The Balaban J connectivity index is 1.83. The van der Waals surface area contributed by atoms with Gasteiger partial charge in [0.05, 0.1) is 5.25 Å². The highest BCUT2D eigenvalue weighted by atomic mass is 32.2. The number of hydrogen-bond donors (Lipinski definition) is 1. The van der Waals surface area contributed by atoms with E-state index in [0.29, 0.717) is 4.32 Å². The Morgan fingerprint density at radius 3 is 2.67 bits per heavy atom. The van der Waals surface area contributed by atoms with Crippen LogP contribution in [0.3, 0.4) is 0 Å². The summed E-state index contributed by atoms with van der Waals surface area (Å²) in [6, 6.07) is 0.280. The molecule has 1 aliphatic heterocycles. The van der Waals surface area contributed by atoms with Crippen molar-refractivity contribution in [3.63, 3.8) is 0 Å². The maximum absolute atomic E-state index is 11.9. The van der Waals surface area contributed by atoms with E-state index in [1.807, 2.05) is 6.92 Å². The first-order valence-electron chi connectivity index (χ1n) is 6.39. The van der Waals surface area contributed by atoms with Crippen molar-refractivity contribution >= 4 is 40.1 Å². The zero-order chi connectivity index (χ0) is 13.1. The van der Waals surface area contributed by atoms with Crippen molar-refractivity contribution in [1.29, 1.82) is 0 Å². The van der Waals surface area contributed by atoms with E-state index in [4.69, 9.17) is 12.2 Å². The van der Waals surface area contributed by atoms with E-state index in [0.717, 1.165) is 12.8 Å². The fraction of sp³-hybridized carbons (Fsp3) is 0.750. The molecule has 6 heteroatoms. The van der Waals surface area contributed by atoms with Crippen LogP contribution >= 0.6 is 24.0 Å². The van der Waals surface area contributed by atoms with Gasteiger partial charge in [0, 0.05) is 6.04 Å². The van der Waals surface area contributed by atoms with Crippen LogP contribution in [0.5, 0.6) is 0 Å². The Morgan fingerprint density at radius 1 is 1.44 bits per heavy atom. The minimum Gasteiger partial charge on any atom is -0.352 e. The number of hydrogen-bond acceptors (Lipinski definition) is 4. The molecule has 1 N–H and O–H groups in total. The predicted octanol–water partition coefficient (Wildman–Crippen LogP) is 1.68. The van der Waals surface area contributed by atoms with E-state index < -0.39 is 0 Å². The highest BCUT2D eigenvalue weighted by molar-refractivity contribution is 8.24. The smallest absolute Gasteiger partial charge is 0.241 e. The summed E-state index contributed by atoms with van der Waals surface area (Å²) < 4.78 is 0.520. The third kappa shape index (κ3) is 3.23. The molecule has 0 aromatic carbocycles. The van der Waals surface area contributed by atoms with Crippen molar-refractivity contribution in [2.45, 2.75) is 50.3 Å². The zero-order valence-electron chi connectivity index (χ0n) is 10.5. The van der Waals surface area contributed by atoms with Gasteiger partial charge in [-0.2, -0.15) is 0 Å². The number of carbonyl (C=O) groups excluding carboxylic acids is 2. The second-order valence-corrected chi connectivity index (χ2v) is 6.83. The second-order valence-electron chi connectivity index (χ2n) is 4.85. The lowest BCUT2D eigenvalue weighted by molar-refractivity contribution is -0.131. The standard InChI is InChI=1S/C12H18N2O2S2/c1-8-11(16)14(12(17)18-8)7-10(15)13-9-5-3-2-4-6-9/h8-9H,2-7H2,1H3,(H,13,15). The van der Waals surface area contributed by atoms with Gasteiger partial charge < -0.3 is 5.32 Å². The number of thioether (sulfide) groups is 1. The quantitative estimate of drug-likeness (QED) is 0.802. The number of rotatable bonds is 3. The molecule has 0 radical (unpaired) electrons. The highest BCUT2D eigenvalue weighted by Crippen LogP contribution is 2.26. The molecule has 0 aromatic heterocycles. The van der Waals surface area contributed by atoms with Crippen LogP contribution in [0, 0.1) is 0 Å². The second kappa shape index (κ2) is 6.02. The molecule has 2 aliphatic rings. The topological polar surface area (TPSA) is 49.4 Å². The van der Waals surface area contributed by atoms with Gasteiger partial charge in [-0.1, -0.05) is 43.2 Å². The van der Waals surface area contributed by atoms with Crippen molar-refractivity contribution in [3.8, 4) is 0 Å². The average Bonchev–Trinajstić information content (AvgIpc) is 2.57. The predicted molar refractivity (Wildman–Crippen MR) is 76.4 cm³/mol. The lowest BCUT2D eigenvalue weighted by Crippen LogP contribution is -2.44. The lowest BCUT2D eigenvalue weighted by Gasteiger charge is -2.24. The Kier molecular flexibility index (Phi) is 4.61. The van der Waals surface area contributed by atoms with Gasteiger partial charge in [-0.05, 0) is 19.8 Å². The fourth-order valence-electron chi connectivity index (χ4n) is 2.38.